The largest absolute Gasteiger partial charge is 0.0942 e. The zero-order chi connectivity index (χ0) is 10.9. The van der Waals surface area contributed by atoms with Gasteiger partial charge in [-0.15, -0.1) is 0 Å². The molecule has 1 aliphatic heterocycles. The van der Waals surface area contributed by atoms with E-state index in [0.717, 1.165) is 16.5 Å². The van der Waals surface area contributed by atoms with Crippen molar-refractivity contribution in [3.63, 3.8) is 0 Å². The molecule has 0 aromatic heterocycles. The molecule has 4 bridgehead atoms. The molecule has 5 saturated carbocycles. The molecule has 5 aliphatic carbocycles. The van der Waals surface area contributed by atoms with Gasteiger partial charge < -0.3 is 0 Å². The minimum atomic E-state index is 0.400. The lowest BCUT2D eigenvalue weighted by atomic mass is 9.52. The summed E-state index contributed by atoms with van der Waals surface area (Å²) in [4.78, 5) is 0. The van der Waals surface area contributed by atoms with Gasteiger partial charge in [-0.25, -0.2) is 0 Å². The molecule has 0 N–H and O–H groups in total. The van der Waals surface area contributed by atoms with E-state index < -0.39 is 0 Å². The van der Waals surface area contributed by atoms with Crippen molar-refractivity contribution in [2.75, 3.05) is 0 Å². The van der Waals surface area contributed by atoms with Gasteiger partial charge in [0.25, 0.3) is 0 Å². The van der Waals surface area contributed by atoms with Gasteiger partial charge in [-0.1, -0.05) is 21.8 Å². The molecule has 1 heterocycles. The highest BCUT2D eigenvalue weighted by molar-refractivity contribution is 7.62. The Balaban J connectivity index is 1.70. The fraction of sp³-hybridized carbons (Fsp3) is 1.00. The predicted octanol–water partition coefficient (Wildman–Crippen LogP) is 4.62. The summed E-state index contributed by atoms with van der Waals surface area (Å²) < 4.78 is 0. The molecule has 6 aliphatic rings. The third kappa shape index (κ3) is 1.11. The maximum absolute atomic E-state index is 2.56. The van der Waals surface area contributed by atoms with Crippen LogP contribution >= 0.6 is 7.92 Å². The lowest BCUT2D eigenvalue weighted by Crippen LogP contribution is -2.57. The minimum absolute atomic E-state index is 0.400. The van der Waals surface area contributed by atoms with Gasteiger partial charge in [0.15, 0.2) is 0 Å². The van der Waals surface area contributed by atoms with E-state index in [1.165, 1.54) is 17.8 Å². The fourth-order valence-electron chi connectivity index (χ4n) is 6.14. The highest BCUT2D eigenvalue weighted by atomic mass is 31.1. The van der Waals surface area contributed by atoms with Crippen molar-refractivity contribution in [3.8, 4) is 0 Å². The van der Waals surface area contributed by atoms with Crippen molar-refractivity contribution >= 4 is 7.92 Å². The number of rotatable bonds is 1. The third-order valence-corrected chi connectivity index (χ3v) is 10.7. The molecule has 6 unspecified atom stereocenters. The van der Waals surface area contributed by atoms with Crippen LogP contribution in [0.1, 0.15) is 58.8 Å². The van der Waals surface area contributed by atoms with Crippen molar-refractivity contribution in [1.29, 1.82) is 0 Å². The average Bonchev–Trinajstić information content (AvgIpc) is 2.28. The SMILES string of the molecule is CC1CC(C)P1C12CCC3CC1CCC3C2. The first-order valence-corrected chi connectivity index (χ1v) is 8.97. The second kappa shape index (κ2) is 3.25. The maximum Gasteiger partial charge on any atom is -0.00585 e. The van der Waals surface area contributed by atoms with E-state index in [1.807, 2.05) is 0 Å². The van der Waals surface area contributed by atoms with Crippen molar-refractivity contribution in [1.82, 2.24) is 0 Å². The van der Waals surface area contributed by atoms with Crippen LogP contribution in [0.2, 0.25) is 0 Å². The Morgan fingerprint density at radius 1 is 0.938 bits per heavy atom. The Kier molecular flexibility index (Phi) is 2.11. The monoisotopic (exact) mass is 236 g/mol. The van der Waals surface area contributed by atoms with Crippen LogP contribution in [0.15, 0.2) is 0 Å². The van der Waals surface area contributed by atoms with E-state index in [4.69, 9.17) is 0 Å². The second-order valence-electron chi connectivity index (χ2n) is 7.22. The van der Waals surface area contributed by atoms with E-state index in [2.05, 4.69) is 13.8 Å². The molecule has 1 heteroatoms. The number of hydrogen-bond acceptors (Lipinski definition) is 0. The average molecular weight is 236 g/mol. The highest BCUT2D eigenvalue weighted by Gasteiger charge is 2.61. The van der Waals surface area contributed by atoms with Crippen molar-refractivity contribution in [3.05, 3.63) is 0 Å². The van der Waals surface area contributed by atoms with E-state index >= 15 is 0 Å². The van der Waals surface area contributed by atoms with Crippen molar-refractivity contribution < 1.29 is 0 Å². The second-order valence-corrected chi connectivity index (χ2v) is 10.7. The fourth-order valence-corrected chi connectivity index (χ4v) is 10.9. The molecule has 16 heavy (non-hydrogen) atoms. The summed E-state index contributed by atoms with van der Waals surface area (Å²) >= 11 is 0. The summed E-state index contributed by atoms with van der Waals surface area (Å²) in [6.45, 7) is 5.13. The Morgan fingerprint density at radius 3 is 2.38 bits per heavy atom. The zero-order valence-corrected chi connectivity index (χ0v) is 11.7. The molecule has 6 rings (SSSR count). The van der Waals surface area contributed by atoms with E-state index in [0.29, 0.717) is 7.92 Å². The van der Waals surface area contributed by atoms with Gasteiger partial charge in [0.05, 0.1) is 0 Å². The van der Waals surface area contributed by atoms with Gasteiger partial charge >= 0.3 is 0 Å². The summed E-state index contributed by atoms with van der Waals surface area (Å²) in [7, 11) is 0.400. The Hall–Kier alpha value is 0.430. The van der Waals surface area contributed by atoms with Gasteiger partial charge in [-0.05, 0) is 79.2 Å². The summed E-state index contributed by atoms with van der Waals surface area (Å²) in [5.41, 5.74) is 2.22. The van der Waals surface area contributed by atoms with Gasteiger partial charge in [-0.3, -0.25) is 0 Å². The minimum Gasteiger partial charge on any atom is -0.0942 e. The van der Waals surface area contributed by atoms with Gasteiger partial charge in [0, 0.05) is 0 Å². The van der Waals surface area contributed by atoms with Crippen LogP contribution in [0, 0.1) is 17.8 Å². The standard InChI is InChI=1S/C15H25P/c1-10-7-11(2)16(10)15-6-5-12-8-14(15)4-3-13(12)9-15/h10-14H,3-9H2,1-2H3. The van der Waals surface area contributed by atoms with Crippen molar-refractivity contribution in [2.45, 2.75) is 75.3 Å². The van der Waals surface area contributed by atoms with E-state index in [1.54, 1.807) is 44.9 Å². The molecule has 0 amide bonds. The summed E-state index contributed by atoms with van der Waals surface area (Å²) in [6.07, 6.45) is 11.3. The zero-order valence-electron chi connectivity index (χ0n) is 10.8. The first kappa shape index (κ1) is 10.4. The molecule has 0 aromatic carbocycles. The van der Waals surface area contributed by atoms with Crippen LogP contribution in [0.5, 0.6) is 0 Å². The molecule has 0 spiro atoms. The summed E-state index contributed by atoms with van der Waals surface area (Å²) in [5.74, 6) is 3.51. The predicted molar refractivity (Wildman–Crippen MR) is 71.4 cm³/mol. The molecule has 6 atom stereocenters. The molecular weight excluding hydrogens is 211 g/mol. The van der Waals surface area contributed by atoms with Gasteiger partial charge in [0.2, 0.25) is 0 Å². The highest BCUT2D eigenvalue weighted by Crippen LogP contribution is 2.78. The van der Waals surface area contributed by atoms with E-state index in [-0.39, 0.29) is 0 Å². The molecule has 0 aromatic rings. The lowest BCUT2D eigenvalue weighted by Gasteiger charge is -2.67. The van der Waals surface area contributed by atoms with Crippen molar-refractivity contribution in [2.24, 2.45) is 17.8 Å². The molecule has 0 nitrogen and oxygen atoms in total. The molecule has 90 valence electrons. The topological polar surface area (TPSA) is 0 Å². The van der Waals surface area contributed by atoms with Gasteiger partial charge in [0.1, 0.15) is 0 Å². The van der Waals surface area contributed by atoms with Gasteiger partial charge in [-0.2, -0.15) is 0 Å². The molecular formula is C15H25P. The van der Waals surface area contributed by atoms with E-state index in [9.17, 15) is 0 Å². The van der Waals surface area contributed by atoms with Crippen LogP contribution in [-0.2, 0) is 0 Å². The Morgan fingerprint density at radius 2 is 1.75 bits per heavy atom. The van der Waals surface area contributed by atoms with Crippen LogP contribution in [0.25, 0.3) is 0 Å². The first-order chi connectivity index (χ1) is 7.71. The lowest BCUT2D eigenvalue weighted by molar-refractivity contribution is -0.0000618. The first-order valence-electron chi connectivity index (χ1n) is 7.49. The molecule has 1 saturated heterocycles. The van der Waals surface area contributed by atoms with Crippen LogP contribution in [-0.4, -0.2) is 16.5 Å². The molecule has 6 fully saturated rings. The Labute approximate surface area is 101 Å². The maximum atomic E-state index is 2.56. The van der Waals surface area contributed by atoms with Crippen LogP contribution in [0.3, 0.4) is 0 Å². The third-order valence-electron chi connectivity index (χ3n) is 6.61. The Bertz CT molecular complexity index is 305. The number of fused-ring (bicyclic) bond motifs is 2. The number of hydrogen-bond donors (Lipinski definition) is 0. The molecule has 0 radical (unpaired) electrons. The van der Waals surface area contributed by atoms with Crippen LogP contribution < -0.4 is 0 Å². The quantitative estimate of drug-likeness (QED) is 0.583. The van der Waals surface area contributed by atoms with Crippen LogP contribution in [0.4, 0.5) is 0 Å². The summed E-state index contributed by atoms with van der Waals surface area (Å²) in [6, 6.07) is 0. The normalized spacial score (nSPS) is 63.4. The smallest absolute Gasteiger partial charge is 0.00585 e. The summed E-state index contributed by atoms with van der Waals surface area (Å²) in [5, 5.41) is 0.907.